The van der Waals surface area contributed by atoms with Gasteiger partial charge in [0.2, 0.25) is 0 Å². The molecule has 0 saturated heterocycles. The summed E-state index contributed by atoms with van der Waals surface area (Å²) in [6.07, 6.45) is 5.49. The molecule has 1 aromatic carbocycles. The molecule has 0 atom stereocenters. The summed E-state index contributed by atoms with van der Waals surface area (Å²) in [5.74, 6) is 0. The zero-order valence-electron chi connectivity index (χ0n) is 12.0. The third-order valence-electron chi connectivity index (χ3n) is 4.03. The molecule has 0 heterocycles. The van der Waals surface area contributed by atoms with Crippen molar-refractivity contribution < 1.29 is 0 Å². The van der Waals surface area contributed by atoms with Crippen molar-refractivity contribution >= 4 is 17.3 Å². The molecule has 0 bridgehead atoms. The Morgan fingerprint density at radius 1 is 1.35 bits per heavy atom. The monoisotopic (exact) mass is 291 g/mol. The van der Waals surface area contributed by atoms with Crippen molar-refractivity contribution in [1.29, 1.82) is 5.26 Å². The zero-order chi connectivity index (χ0) is 14.5. The van der Waals surface area contributed by atoms with Crippen molar-refractivity contribution in [3.8, 4) is 6.07 Å². The van der Waals surface area contributed by atoms with Crippen LogP contribution < -0.4 is 10.6 Å². The Bertz CT molecular complexity index is 487. The lowest BCUT2D eigenvalue weighted by molar-refractivity contribution is 0.375. The third-order valence-corrected chi connectivity index (χ3v) is 4.34. The molecule has 3 nitrogen and oxygen atoms in total. The van der Waals surface area contributed by atoms with Gasteiger partial charge in [0, 0.05) is 18.6 Å². The number of benzene rings is 1. The number of nitrogens with two attached hydrogens (primary N) is 1. The number of hydrogen-bond donors (Lipinski definition) is 1. The van der Waals surface area contributed by atoms with Crippen molar-refractivity contribution in [3.05, 3.63) is 28.8 Å². The molecular formula is C16H22ClN3. The smallest absolute Gasteiger partial charge is 0.0992 e. The van der Waals surface area contributed by atoms with E-state index in [4.69, 9.17) is 22.6 Å². The molecule has 0 amide bonds. The SMILES string of the molecule is CCCN(c1ccc(C#N)cc1Cl)C1CCC(N)CC1. The first-order chi connectivity index (χ1) is 9.65. The Labute approximate surface area is 126 Å². The minimum Gasteiger partial charge on any atom is -0.367 e. The quantitative estimate of drug-likeness (QED) is 0.920. The summed E-state index contributed by atoms with van der Waals surface area (Å²) in [6.45, 7) is 3.17. The van der Waals surface area contributed by atoms with Gasteiger partial charge in [-0.1, -0.05) is 18.5 Å². The highest BCUT2D eigenvalue weighted by molar-refractivity contribution is 6.33. The normalized spacial score (nSPS) is 22.3. The minimum atomic E-state index is 0.353. The molecule has 1 saturated carbocycles. The van der Waals surface area contributed by atoms with E-state index in [1.54, 1.807) is 6.07 Å². The van der Waals surface area contributed by atoms with Gasteiger partial charge >= 0.3 is 0 Å². The van der Waals surface area contributed by atoms with Gasteiger partial charge in [0.15, 0.2) is 0 Å². The van der Waals surface area contributed by atoms with Crippen LogP contribution in [0, 0.1) is 11.3 Å². The maximum Gasteiger partial charge on any atom is 0.0992 e. The lowest BCUT2D eigenvalue weighted by Gasteiger charge is -2.38. The summed E-state index contributed by atoms with van der Waals surface area (Å²) in [5, 5.41) is 9.61. The Balaban J connectivity index is 2.22. The summed E-state index contributed by atoms with van der Waals surface area (Å²) in [4.78, 5) is 2.40. The minimum absolute atomic E-state index is 0.353. The van der Waals surface area contributed by atoms with Crippen molar-refractivity contribution in [2.75, 3.05) is 11.4 Å². The van der Waals surface area contributed by atoms with E-state index in [1.165, 1.54) is 0 Å². The van der Waals surface area contributed by atoms with Gasteiger partial charge in [-0.05, 0) is 50.3 Å². The van der Waals surface area contributed by atoms with Crippen LogP contribution in [0.3, 0.4) is 0 Å². The Kier molecular flexibility index (Phi) is 5.28. The van der Waals surface area contributed by atoms with Crippen molar-refractivity contribution in [2.24, 2.45) is 5.73 Å². The van der Waals surface area contributed by atoms with Gasteiger partial charge in [-0.2, -0.15) is 5.26 Å². The van der Waals surface area contributed by atoms with E-state index in [0.717, 1.165) is 44.3 Å². The molecule has 108 valence electrons. The molecule has 2 rings (SSSR count). The zero-order valence-corrected chi connectivity index (χ0v) is 12.7. The second-order valence-corrected chi connectivity index (χ2v) is 5.95. The maximum atomic E-state index is 8.94. The summed E-state index contributed by atoms with van der Waals surface area (Å²) in [7, 11) is 0. The first kappa shape index (κ1) is 15.2. The van der Waals surface area contributed by atoms with E-state index in [-0.39, 0.29) is 0 Å². The first-order valence-corrected chi connectivity index (χ1v) is 7.75. The number of halogens is 1. The van der Waals surface area contributed by atoms with Gasteiger partial charge in [0.1, 0.15) is 0 Å². The van der Waals surface area contributed by atoms with Crippen molar-refractivity contribution in [1.82, 2.24) is 0 Å². The highest BCUT2D eigenvalue weighted by Crippen LogP contribution is 2.32. The molecule has 0 radical (unpaired) electrons. The van der Waals surface area contributed by atoms with Crippen LogP contribution in [0.4, 0.5) is 5.69 Å². The first-order valence-electron chi connectivity index (χ1n) is 7.37. The molecule has 1 aliphatic rings. The van der Waals surface area contributed by atoms with Gasteiger partial charge in [-0.25, -0.2) is 0 Å². The lowest BCUT2D eigenvalue weighted by atomic mass is 9.90. The third kappa shape index (κ3) is 3.45. The average molecular weight is 292 g/mol. The van der Waals surface area contributed by atoms with Gasteiger partial charge in [0.05, 0.1) is 22.3 Å². The molecule has 2 N–H and O–H groups in total. The molecule has 0 spiro atoms. The lowest BCUT2D eigenvalue weighted by Crippen LogP contribution is -2.41. The van der Waals surface area contributed by atoms with Gasteiger partial charge in [-0.3, -0.25) is 0 Å². The van der Waals surface area contributed by atoms with Crippen LogP contribution in [0.1, 0.15) is 44.6 Å². The van der Waals surface area contributed by atoms with Gasteiger partial charge in [0.25, 0.3) is 0 Å². The number of anilines is 1. The average Bonchev–Trinajstić information content (AvgIpc) is 2.46. The molecular weight excluding hydrogens is 270 g/mol. The van der Waals surface area contributed by atoms with Gasteiger partial charge in [-0.15, -0.1) is 0 Å². The highest BCUT2D eigenvalue weighted by Gasteiger charge is 2.25. The molecule has 0 aliphatic heterocycles. The topological polar surface area (TPSA) is 53.0 Å². The Hall–Kier alpha value is -1.24. The van der Waals surface area contributed by atoms with E-state index in [2.05, 4.69) is 17.9 Å². The summed E-state index contributed by atoms with van der Waals surface area (Å²) < 4.78 is 0. The summed E-state index contributed by atoms with van der Waals surface area (Å²) in [6, 6.07) is 8.58. The standard InChI is InChI=1S/C16H22ClN3/c1-2-9-20(14-6-4-13(19)5-7-14)16-8-3-12(11-18)10-15(16)17/h3,8,10,13-14H,2,4-7,9,19H2,1H3. The second-order valence-electron chi connectivity index (χ2n) is 5.54. The molecule has 0 unspecified atom stereocenters. The maximum absolute atomic E-state index is 8.94. The Morgan fingerprint density at radius 3 is 2.60 bits per heavy atom. The van der Waals surface area contributed by atoms with Gasteiger partial charge < -0.3 is 10.6 Å². The summed E-state index contributed by atoms with van der Waals surface area (Å²) >= 11 is 6.37. The highest BCUT2D eigenvalue weighted by atomic mass is 35.5. The predicted molar refractivity (Wildman–Crippen MR) is 84.0 cm³/mol. The molecule has 1 aliphatic carbocycles. The largest absolute Gasteiger partial charge is 0.367 e. The van der Waals surface area contributed by atoms with Crippen LogP contribution in [0.5, 0.6) is 0 Å². The van der Waals surface area contributed by atoms with Crippen LogP contribution >= 0.6 is 11.6 Å². The van der Waals surface area contributed by atoms with Crippen LogP contribution in [0.15, 0.2) is 18.2 Å². The Morgan fingerprint density at radius 2 is 2.05 bits per heavy atom. The number of rotatable bonds is 4. The van der Waals surface area contributed by atoms with Crippen molar-refractivity contribution in [3.63, 3.8) is 0 Å². The van der Waals surface area contributed by atoms with Crippen LogP contribution in [-0.2, 0) is 0 Å². The van der Waals surface area contributed by atoms with Crippen LogP contribution in [-0.4, -0.2) is 18.6 Å². The fourth-order valence-corrected chi connectivity index (χ4v) is 3.25. The second kappa shape index (κ2) is 6.97. The summed E-state index contributed by atoms with van der Waals surface area (Å²) in [5.41, 5.74) is 7.66. The molecule has 1 fully saturated rings. The fraction of sp³-hybridized carbons (Fsp3) is 0.562. The van der Waals surface area contributed by atoms with E-state index in [1.807, 2.05) is 12.1 Å². The van der Waals surface area contributed by atoms with E-state index < -0.39 is 0 Å². The fourth-order valence-electron chi connectivity index (χ4n) is 2.96. The molecule has 4 heteroatoms. The van der Waals surface area contributed by atoms with Crippen LogP contribution in [0.25, 0.3) is 0 Å². The van der Waals surface area contributed by atoms with E-state index in [0.29, 0.717) is 22.7 Å². The van der Waals surface area contributed by atoms with Crippen molar-refractivity contribution in [2.45, 2.75) is 51.1 Å². The van der Waals surface area contributed by atoms with E-state index in [9.17, 15) is 0 Å². The number of nitriles is 1. The number of nitrogens with zero attached hydrogens (tertiary/aromatic N) is 2. The molecule has 20 heavy (non-hydrogen) atoms. The van der Waals surface area contributed by atoms with Crippen LogP contribution in [0.2, 0.25) is 5.02 Å². The predicted octanol–water partition coefficient (Wildman–Crippen LogP) is 3.70. The molecule has 0 aromatic heterocycles. The molecule has 1 aromatic rings. The number of hydrogen-bond acceptors (Lipinski definition) is 3. The van der Waals surface area contributed by atoms with E-state index >= 15 is 0 Å².